The third-order valence-corrected chi connectivity index (χ3v) is 5.16. The van der Waals surface area contributed by atoms with Crippen molar-refractivity contribution in [1.29, 1.82) is 0 Å². The molecule has 1 saturated heterocycles. The van der Waals surface area contributed by atoms with Gasteiger partial charge in [0.05, 0.1) is 12.2 Å². The van der Waals surface area contributed by atoms with Crippen molar-refractivity contribution in [2.75, 3.05) is 20.6 Å². The highest BCUT2D eigenvalue weighted by atomic mass is 16.2. The lowest BCUT2D eigenvalue weighted by Crippen LogP contribution is -2.53. The van der Waals surface area contributed by atoms with E-state index in [1.807, 2.05) is 0 Å². The molecule has 0 bridgehead atoms. The Labute approximate surface area is 130 Å². The number of amides is 1. The maximum atomic E-state index is 12.9. The standard InChI is InChI=1S/C17H33N3O/c1-6-14-17(21)20(15(12(2)3)11-19(4)5)16(18-14)13-9-7-8-10-13/h12-16,18H,6-11H2,1-5H3. The SMILES string of the molecule is CCC1NC(C2CCCC2)N(C(CN(C)C)C(C)C)C1=O. The molecular weight excluding hydrogens is 262 g/mol. The fraction of sp³-hybridized carbons (Fsp3) is 0.941. The summed E-state index contributed by atoms with van der Waals surface area (Å²) in [5.41, 5.74) is 0. The zero-order chi connectivity index (χ0) is 15.6. The molecule has 4 nitrogen and oxygen atoms in total. The maximum Gasteiger partial charge on any atom is 0.241 e. The second kappa shape index (κ2) is 7.10. The monoisotopic (exact) mass is 295 g/mol. The molecule has 0 aromatic rings. The molecule has 0 aromatic carbocycles. The molecule has 2 rings (SSSR count). The zero-order valence-corrected chi connectivity index (χ0v) is 14.4. The molecule has 0 radical (unpaired) electrons. The van der Waals surface area contributed by atoms with E-state index in [4.69, 9.17) is 0 Å². The highest BCUT2D eigenvalue weighted by Gasteiger charge is 2.46. The van der Waals surface area contributed by atoms with Gasteiger partial charge in [0.1, 0.15) is 0 Å². The first-order valence-electron chi connectivity index (χ1n) is 8.68. The van der Waals surface area contributed by atoms with E-state index in [0.29, 0.717) is 23.8 Å². The van der Waals surface area contributed by atoms with Gasteiger partial charge in [0.25, 0.3) is 0 Å². The van der Waals surface area contributed by atoms with Gasteiger partial charge in [0, 0.05) is 12.6 Å². The molecule has 122 valence electrons. The van der Waals surface area contributed by atoms with Gasteiger partial charge in [0.15, 0.2) is 0 Å². The van der Waals surface area contributed by atoms with Crippen LogP contribution < -0.4 is 5.32 Å². The van der Waals surface area contributed by atoms with Crippen molar-refractivity contribution in [3.05, 3.63) is 0 Å². The lowest BCUT2D eigenvalue weighted by atomic mass is 9.97. The average Bonchev–Trinajstić information content (AvgIpc) is 3.03. The molecule has 1 N–H and O–H groups in total. The minimum Gasteiger partial charge on any atom is -0.321 e. The lowest BCUT2D eigenvalue weighted by molar-refractivity contribution is -0.134. The first-order chi connectivity index (χ1) is 9.95. The molecule has 3 atom stereocenters. The van der Waals surface area contributed by atoms with Crippen molar-refractivity contribution in [1.82, 2.24) is 15.1 Å². The molecule has 0 spiro atoms. The smallest absolute Gasteiger partial charge is 0.241 e. The van der Waals surface area contributed by atoms with Crippen molar-refractivity contribution in [3.8, 4) is 0 Å². The number of rotatable bonds is 6. The van der Waals surface area contributed by atoms with E-state index in [-0.39, 0.29) is 12.2 Å². The Morgan fingerprint density at radius 2 is 1.90 bits per heavy atom. The summed E-state index contributed by atoms with van der Waals surface area (Å²) < 4.78 is 0. The third-order valence-electron chi connectivity index (χ3n) is 5.16. The molecule has 2 aliphatic rings. The second-order valence-corrected chi connectivity index (χ2v) is 7.44. The Morgan fingerprint density at radius 3 is 2.38 bits per heavy atom. The van der Waals surface area contributed by atoms with E-state index < -0.39 is 0 Å². The van der Waals surface area contributed by atoms with Crippen molar-refractivity contribution in [2.45, 2.75) is 71.1 Å². The van der Waals surface area contributed by atoms with Crippen LogP contribution in [0.2, 0.25) is 0 Å². The normalized spacial score (nSPS) is 29.1. The number of nitrogens with zero attached hydrogens (tertiary/aromatic N) is 2. The zero-order valence-electron chi connectivity index (χ0n) is 14.4. The molecule has 1 aliphatic heterocycles. The summed E-state index contributed by atoms with van der Waals surface area (Å²) in [4.78, 5) is 17.3. The van der Waals surface area contributed by atoms with E-state index in [1.165, 1.54) is 25.7 Å². The molecule has 0 aromatic heterocycles. The van der Waals surface area contributed by atoms with Crippen LogP contribution in [-0.2, 0) is 4.79 Å². The van der Waals surface area contributed by atoms with Gasteiger partial charge < -0.3 is 9.80 Å². The van der Waals surface area contributed by atoms with E-state index in [2.05, 4.69) is 50.0 Å². The van der Waals surface area contributed by atoms with Gasteiger partial charge in [-0.25, -0.2) is 0 Å². The van der Waals surface area contributed by atoms with Gasteiger partial charge in [0.2, 0.25) is 5.91 Å². The van der Waals surface area contributed by atoms with Gasteiger partial charge in [-0.1, -0.05) is 33.6 Å². The fourth-order valence-corrected chi connectivity index (χ4v) is 3.97. The van der Waals surface area contributed by atoms with Crippen molar-refractivity contribution >= 4 is 5.91 Å². The number of likely N-dealkylation sites (N-methyl/N-ethyl adjacent to an activating group) is 1. The Morgan fingerprint density at radius 1 is 1.29 bits per heavy atom. The molecule has 3 unspecified atom stereocenters. The van der Waals surface area contributed by atoms with Gasteiger partial charge in [-0.3, -0.25) is 10.1 Å². The van der Waals surface area contributed by atoms with Crippen LogP contribution in [0.3, 0.4) is 0 Å². The summed E-state index contributed by atoms with van der Waals surface area (Å²) in [7, 11) is 4.20. The van der Waals surface area contributed by atoms with Crippen LogP contribution in [0.5, 0.6) is 0 Å². The molecule has 1 heterocycles. The molecular formula is C17H33N3O. The van der Waals surface area contributed by atoms with Crippen molar-refractivity contribution in [3.63, 3.8) is 0 Å². The summed E-state index contributed by atoms with van der Waals surface area (Å²) in [6.07, 6.45) is 6.33. The molecule has 1 amide bonds. The number of carbonyl (C=O) groups excluding carboxylic acids is 1. The predicted octanol–water partition coefficient (Wildman–Crippen LogP) is 2.30. The predicted molar refractivity (Wildman–Crippen MR) is 87.0 cm³/mol. The Balaban J connectivity index is 2.22. The Bertz CT molecular complexity index is 350. The summed E-state index contributed by atoms with van der Waals surface area (Å²) in [6.45, 7) is 7.55. The first-order valence-corrected chi connectivity index (χ1v) is 8.68. The number of carbonyl (C=O) groups is 1. The van der Waals surface area contributed by atoms with Crippen LogP contribution in [0, 0.1) is 11.8 Å². The molecule has 4 heteroatoms. The molecule has 2 fully saturated rings. The summed E-state index contributed by atoms with van der Waals surface area (Å²) in [6, 6.07) is 0.334. The van der Waals surface area contributed by atoms with Gasteiger partial charge >= 0.3 is 0 Å². The van der Waals surface area contributed by atoms with Crippen molar-refractivity contribution < 1.29 is 4.79 Å². The largest absolute Gasteiger partial charge is 0.321 e. The van der Waals surface area contributed by atoms with E-state index in [0.717, 1.165) is 13.0 Å². The topological polar surface area (TPSA) is 35.6 Å². The van der Waals surface area contributed by atoms with Crippen LogP contribution in [0.25, 0.3) is 0 Å². The minimum absolute atomic E-state index is 0.0269. The average molecular weight is 295 g/mol. The maximum absolute atomic E-state index is 12.9. The fourth-order valence-electron chi connectivity index (χ4n) is 3.97. The van der Waals surface area contributed by atoms with Gasteiger partial charge in [-0.15, -0.1) is 0 Å². The third kappa shape index (κ3) is 3.59. The van der Waals surface area contributed by atoms with Gasteiger partial charge in [-0.05, 0) is 45.2 Å². The van der Waals surface area contributed by atoms with E-state index in [9.17, 15) is 4.79 Å². The molecule has 1 saturated carbocycles. The van der Waals surface area contributed by atoms with Crippen LogP contribution in [-0.4, -0.2) is 54.6 Å². The summed E-state index contributed by atoms with van der Waals surface area (Å²) in [5, 5.41) is 3.65. The van der Waals surface area contributed by atoms with Crippen LogP contribution in [0.4, 0.5) is 0 Å². The highest BCUT2D eigenvalue weighted by molar-refractivity contribution is 5.84. The number of hydrogen-bond acceptors (Lipinski definition) is 3. The Hall–Kier alpha value is -0.610. The van der Waals surface area contributed by atoms with Crippen LogP contribution in [0.1, 0.15) is 52.9 Å². The minimum atomic E-state index is 0.0269. The lowest BCUT2D eigenvalue weighted by Gasteiger charge is -2.39. The molecule has 21 heavy (non-hydrogen) atoms. The highest BCUT2D eigenvalue weighted by Crippen LogP contribution is 2.34. The molecule has 1 aliphatic carbocycles. The number of hydrogen-bond donors (Lipinski definition) is 1. The summed E-state index contributed by atoms with van der Waals surface area (Å²) >= 11 is 0. The van der Waals surface area contributed by atoms with Crippen LogP contribution >= 0.6 is 0 Å². The quantitative estimate of drug-likeness (QED) is 0.817. The van der Waals surface area contributed by atoms with E-state index >= 15 is 0 Å². The Kier molecular flexibility index (Phi) is 5.67. The summed E-state index contributed by atoms with van der Waals surface area (Å²) in [5.74, 6) is 1.46. The van der Waals surface area contributed by atoms with E-state index in [1.54, 1.807) is 0 Å². The van der Waals surface area contributed by atoms with Gasteiger partial charge in [-0.2, -0.15) is 0 Å². The van der Waals surface area contributed by atoms with Crippen LogP contribution in [0.15, 0.2) is 0 Å². The number of nitrogens with one attached hydrogen (secondary N) is 1. The first kappa shape index (κ1) is 16.8. The van der Waals surface area contributed by atoms with Crippen molar-refractivity contribution in [2.24, 2.45) is 11.8 Å². The second-order valence-electron chi connectivity index (χ2n) is 7.44.